The third-order valence-electron chi connectivity index (χ3n) is 4.68. The number of alkyl halides is 3. The van der Waals surface area contributed by atoms with E-state index in [1.165, 1.54) is 11.8 Å². The second kappa shape index (κ2) is 7.73. The van der Waals surface area contributed by atoms with Crippen molar-refractivity contribution in [2.75, 3.05) is 6.26 Å². The zero-order valence-electron chi connectivity index (χ0n) is 14.3. The molecule has 1 amide bonds. The van der Waals surface area contributed by atoms with Gasteiger partial charge >= 0.3 is 6.18 Å². The summed E-state index contributed by atoms with van der Waals surface area (Å²) in [6.45, 7) is 0. The number of hydrogen-bond donors (Lipinski definition) is 1. The first-order chi connectivity index (χ1) is 12.4. The topological polar surface area (TPSA) is 46.9 Å². The molecule has 2 aromatic rings. The third kappa shape index (κ3) is 4.06. The molecule has 2 atom stereocenters. The Bertz CT molecular complexity index is 775. The van der Waals surface area contributed by atoms with Gasteiger partial charge in [-0.3, -0.25) is 9.36 Å². The zero-order valence-corrected chi connectivity index (χ0v) is 15.1. The first-order valence-corrected chi connectivity index (χ1v) is 9.68. The molecule has 0 saturated heterocycles. The van der Waals surface area contributed by atoms with Crippen molar-refractivity contribution < 1.29 is 18.0 Å². The van der Waals surface area contributed by atoms with Crippen LogP contribution < -0.4 is 5.32 Å². The fourth-order valence-corrected chi connectivity index (χ4v) is 3.91. The van der Waals surface area contributed by atoms with E-state index in [-0.39, 0.29) is 6.42 Å². The van der Waals surface area contributed by atoms with Gasteiger partial charge in [0.2, 0.25) is 0 Å². The molecule has 4 nitrogen and oxygen atoms in total. The van der Waals surface area contributed by atoms with E-state index in [1.807, 2.05) is 16.9 Å². The van der Waals surface area contributed by atoms with Gasteiger partial charge in [-0.15, -0.1) is 0 Å². The summed E-state index contributed by atoms with van der Waals surface area (Å²) in [4.78, 5) is 16.8. The Kier molecular flexibility index (Phi) is 5.60. The third-order valence-corrected chi connectivity index (χ3v) is 5.35. The van der Waals surface area contributed by atoms with Crippen molar-refractivity contribution in [2.24, 2.45) is 5.92 Å². The van der Waals surface area contributed by atoms with Crippen LogP contribution in [0.25, 0.3) is 5.69 Å². The molecule has 1 heterocycles. The van der Waals surface area contributed by atoms with Gasteiger partial charge in [0.05, 0.1) is 5.92 Å². The zero-order chi connectivity index (χ0) is 18.7. The highest BCUT2D eigenvalue weighted by atomic mass is 32.2. The van der Waals surface area contributed by atoms with Gasteiger partial charge in [0.1, 0.15) is 0 Å². The first-order valence-electron chi connectivity index (χ1n) is 8.45. The summed E-state index contributed by atoms with van der Waals surface area (Å²) < 4.78 is 41.5. The van der Waals surface area contributed by atoms with Crippen molar-refractivity contribution in [2.45, 2.75) is 43.1 Å². The number of carbonyl (C=O) groups excluding carboxylic acids is 1. The number of aromatic nitrogens is 2. The Morgan fingerprint density at radius 1 is 1.31 bits per heavy atom. The van der Waals surface area contributed by atoms with Gasteiger partial charge in [-0.05, 0) is 37.3 Å². The lowest BCUT2D eigenvalue weighted by Gasteiger charge is -2.33. The van der Waals surface area contributed by atoms with Crippen LogP contribution in [-0.2, 0) is 0 Å². The number of nitrogens with one attached hydrogen (secondary N) is 1. The quantitative estimate of drug-likeness (QED) is 0.794. The van der Waals surface area contributed by atoms with E-state index in [1.54, 1.807) is 30.6 Å². The highest BCUT2D eigenvalue weighted by Gasteiger charge is 2.46. The lowest BCUT2D eigenvalue weighted by atomic mass is 9.84. The second-order valence-electron chi connectivity index (χ2n) is 6.35. The van der Waals surface area contributed by atoms with Crippen molar-refractivity contribution >= 4 is 17.7 Å². The maximum absolute atomic E-state index is 13.2. The largest absolute Gasteiger partial charge is 0.393 e. The lowest BCUT2D eigenvalue weighted by Crippen LogP contribution is -2.47. The molecule has 0 bridgehead atoms. The van der Waals surface area contributed by atoms with Crippen LogP contribution in [0.4, 0.5) is 13.2 Å². The molecule has 1 saturated carbocycles. The molecule has 1 aromatic carbocycles. The number of nitrogens with zero attached hydrogens (tertiary/aromatic N) is 2. The van der Waals surface area contributed by atoms with Crippen LogP contribution in [0.15, 0.2) is 41.8 Å². The molecular formula is C18H20F3N3OS. The minimum absolute atomic E-state index is 0.0700. The van der Waals surface area contributed by atoms with E-state index in [4.69, 9.17) is 0 Å². The molecule has 3 rings (SSSR count). The molecule has 0 unspecified atom stereocenters. The highest BCUT2D eigenvalue weighted by molar-refractivity contribution is 7.98. The predicted octanol–water partition coefficient (Wildman–Crippen LogP) is 4.45. The Hall–Kier alpha value is -1.96. The second-order valence-corrected chi connectivity index (χ2v) is 7.12. The summed E-state index contributed by atoms with van der Waals surface area (Å²) in [5, 5.41) is 3.37. The predicted molar refractivity (Wildman–Crippen MR) is 94.6 cm³/mol. The normalized spacial score (nSPS) is 20.8. The van der Waals surface area contributed by atoms with Gasteiger partial charge in [0, 0.05) is 29.7 Å². The smallest absolute Gasteiger partial charge is 0.349 e. The number of halogens is 3. The Morgan fingerprint density at radius 3 is 2.81 bits per heavy atom. The number of imidazole rings is 1. The Labute approximate surface area is 154 Å². The van der Waals surface area contributed by atoms with Gasteiger partial charge in [0.25, 0.3) is 5.91 Å². The van der Waals surface area contributed by atoms with E-state index < -0.39 is 24.0 Å². The molecule has 1 N–H and O–H groups in total. The van der Waals surface area contributed by atoms with Crippen LogP contribution in [0.3, 0.4) is 0 Å². The van der Waals surface area contributed by atoms with Crippen LogP contribution in [-0.4, -0.2) is 33.9 Å². The Balaban J connectivity index is 1.79. The number of amides is 1. The standard InChI is InChI=1S/C18H20F3N3OS/c1-26-17-22-9-10-24(17)13-6-4-5-12(11-13)16(25)23-15-8-3-2-7-14(15)18(19,20)21/h4-6,9-11,14-15H,2-3,7-8H2,1H3,(H,23,25)/t14-,15-/m1/s1. The monoisotopic (exact) mass is 383 g/mol. The van der Waals surface area contributed by atoms with Gasteiger partial charge in [-0.1, -0.05) is 30.7 Å². The number of rotatable bonds is 4. The minimum Gasteiger partial charge on any atom is -0.349 e. The van der Waals surface area contributed by atoms with Crippen molar-refractivity contribution in [3.05, 3.63) is 42.2 Å². The molecule has 1 fully saturated rings. The summed E-state index contributed by atoms with van der Waals surface area (Å²) in [6.07, 6.45) is 2.72. The van der Waals surface area contributed by atoms with E-state index in [9.17, 15) is 18.0 Å². The maximum atomic E-state index is 13.2. The van der Waals surface area contributed by atoms with Crippen molar-refractivity contribution in [3.8, 4) is 5.69 Å². The molecular weight excluding hydrogens is 363 g/mol. The summed E-state index contributed by atoms with van der Waals surface area (Å²) in [5.41, 5.74) is 1.09. The van der Waals surface area contributed by atoms with Gasteiger partial charge in [-0.2, -0.15) is 13.2 Å². The van der Waals surface area contributed by atoms with Crippen LogP contribution in [0.2, 0.25) is 0 Å². The molecule has 0 spiro atoms. The maximum Gasteiger partial charge on any atom is 0.393 e. The Morgan fingerprint density at radius 2 is 2.08 bits per heavy atom. The summed E-state index contributed by atoms with van der Waals surface area (Å²) in [5.74, 6) is -1.95. The van der Waals surface area contributed by atoms with Crippen LogP contribution in [0, 0.1) is 5.92 Å². The number of benzene rings is 1. The molecule has 1 aliphatic carbocycles. The molecule has 0 radical (unpaired) electrons. The van der Waals surface area contributed by atoms with Crippen molar-refractivity contribution in [1.29, 1.82) is 0 Å². The summed E-state index contributed by atoms with van der Waals surface area (Å²) in [7, 11) is 0. The summed E-state index contributed by atoms with van der Waals surface area (Å²) >= 11 is 1.47. The van der Waals surface area contributed by atoms with Crippen molar-refractivity contribution in [3.63, 3.8) is 0 Å². The van der Waals surface area contributed by atoms with E-state index in [2.05, 4.69) is 10.3 Å². The highest BCUT2D eigenvalue weighted by Crippen LogP contribution is 2.37. The lowest BCUT2D eigenvalue weighted by molar-refractivity contribution is -0.187. The molecule has 8 heteroatoms. The van der Waals surface area contributed by atoms with Crippen LogP contribution in [0.1, 0.15) is 36.0 Å². The molecule has 26 heavy (non-hydrogen) atoms. The molecule has 1 aliphatic rings. The van der Waals surface area contributed by atoms with Crippen LogP contribution >= 0.6 is 11.8 Å². The van der Waals surface area contributed by atoms with Gasteiger partial charge < -0.3 is 5.32 Å². The SMILES string of the molecule is CSc1nccn1-c1cccc(C(=O)N[C@@H]2CCCC[C@H]2C(F)(F)F)c1. The van der Waals surface area contributed by atoms with Crippen molar-refractivity contribution in [1.82, 2.24) is 14.9 Å². The van der Waals surface area contributed by atoms with Crippen LogP contribution in [0.5, 0.6) is 0 Å². The molecule has 1 aromatic heterocycles. The van der Waals surface area contributed by atoms with E-state index in [0.717, 1.165) is 10.8 Å². The van der Waals surface area contributed by atoms with E-state index >= 15 is 0 Å². The fraction of sp³-hybridized carbons (Fsp3) is 0.444. The summed E-state index contributed by atoms with van der Waals surface area (Å²) in [6, 6.07) is 5.96. The van der Waals surface area contributed by atoms with Gasteiger partial charge in [-0.25, -0.2) is 4.98 Å². The number of carbonyl (C=O) groups is 1. The average Bonchev–Trinajstić information content (AvgIpc) is 3.10. The molecule has 140 valence electrons. The first kappa shape index (κ1) is 18.8. The average molecular weight is 383 g/mol. The van der Waals surface area contributed by atoms with E-state index in [0.29, 0.717) is 24.8 Å². The van der Waals surface area contributed by atoms with Gasteiger partial charge in [0.15, 0.2) is 5.16 Å². The molecule has 0 aliphatic heterocycles. The number of hydrogen-bond acceptors (Lipinski definition) is 3. The number of thioether (sulfide) groups is 1. The fourth-order valence-electron chi connectivity index (χ4n) is 3.38. The minimum atomic E-state index is -4.29.